The van der Waals surface area contributed by atoms with Crippen LogP contribution < -0.4 is 0 Å². The highest BCUT2D eigenvalue weighted by Crippen LogP contribution is 2.26. The Balaban J connectivity index is 2.62. The van der Waals surface area contributed by atoms with Gasteiger partial charge in [0, 0.05) is 19.0 Å². The number of hydrogen-bond donors (Lipinski definition) is 0. The molecule has 0 amide bonds. The maximum Gasteiger partial charge on any atom is 0.135 e. The van der Waals surface area contributed by atoms with Crippen LogP contribution in [0.4, 0.5) is 0 Å². The molecule has 1 rings (SSSR count). The summed E-state index contributed by atoms with van der Waals surface area (Å²) < 4.78 is 0. The van der Waals surface area contributed by atoms with Gasteiger partial charge in [-0.05, 0) is 19.0 Å². The lowest BCUT2D eigenvalue weighted by Gasteiger charge is -2.11. The molecular formula is C10H17NO. The highest BCUT2D eigenvalue weighted by Gasteiger charge is 2.32. The van der Waals surface area contributed by atoms with Crippen LogP contribution in [0.1, 0.15) is 20.3 Å². The van der Waals surface area contributed by atoms with E-state index in [9.17, 15) is 4.79 Å². The van der Waals surface area contributed by atoms with E-state index in [1.165, 1.54) is 0 Å². The Morgan fingerprint density at radius 1 is 1.67 bits per heavy atom. The van der Waals surface area contributed by atoms with Gasteiger partial charge in [0.15, 0.2) is 0 Å². The standard InChI is InChI=1S/C10H17NO/c1-4-9-6-11(5-2)7-10(9)8(3)12/h5,9-10H,2,4,6-7H2,1,3H3/t9?,10-/m0/s1. The van der Waals surface area contributed by atoms with E-state index in [2.05, 4.69) is 18.4 Å². The van der Waals surface area contributed by atoms with Crippen molar-refractivity contribution in [2.24, 2.45) is 11.8 Å². The fraction of sp³-hybridized carbons (Fsp3) is 0.700. The Hall–Kier alpha value is -0.790. The first-order chi connectivity index (χ1) is 5.69. The number of rotatable bonds is 3. The number of carbonyl (C=O) groups excluding carboxylic acids is 1. The molecule has 1 aliphatic rings. The van der Waals surface area contributed by atoms with Crippen LogP contribution in [0.15, 0.2) is 12.8 Å². The minimum atomic E-state index is 0.244. The number of Topliss-reactive ketones (excluding diaryl/α,β-unsaturated/α-hetero) is 1. The Morgan fingerprint density at radius 3 is 2.67 bits per heavy atom. The van der Waals surface area contributed by atoms with E-state index in [-0.39, 0.29) is 5.92 Å². The first kappa shape index (κ1) is 9.30. The molecule has 0 spiro atoms. The van der Waals surface area contributed by atoms with Crippen molar-refractivity contribution in [1.29, 1.82) is 0 Å². The monoisotopic (exact) mass is 167 g/mol. The molecule has 2 heteroatoms. The molecule has 0 N–H and O–H groups in total. The highest BCUT2D eigenvalue weighted by atomic mass is 16.1. The molecule has 68 valence electrons. The number of ketones is 1. The van der Waals surface area contributed by atoms with Crippen LogP contribution in [0.2, 0.25) is 0 Å². The van der Waals surface area contributed by atoms with Crippen LogP contribution in [0, 0.1) is 11.8 Å². The Labute approximate surface area is 74.2 Å². The normalized spacial score (nSPS) is 29.0. The molecule has 2 atom stereocenters. The van der Waals surface area contributed by atoms with Crippen LogP contribution in [-0.4, -0.2) is 23.8 Å². The van der Waals surface area contributed by atoms with Crippen molar-refractivity contribution >= 4 is 5.78 Å². The van der Waals surface area contributed by atoms with Gasteiger partial charge in [-0.25, -0.2) is 0 Å². The molecule has 0 saturated carbocycles. The van der Waals surface area contributed by atoms with Gasteiger partial charge in [-0.1, -0.05) is 19.9 Å². The quantitative estimate of drug-likeness (QED) is 0.637. The first-order valence-electron chi connectivity index (χ1n) is 4.56. The second-order valence-corrected chi connectivity index (χ2v) is 3.52. The third-order valence-corrected chi connectivity index (χ3v) is 2.77. The second-order valence-electron chi connectivity index (χ2n) is 3.52. The SMILES string of the molecule is C=CN1CC(CC)[C@H](C(C)=O)C1. The van der Waals surface area contributed by atoms with Crippen molar-refractivity contribution in [1.82, 2.24) is 4.90 Å². The Morgan fingerprint density at radius 2 is 2.33 bits per heavy atom. The van der Waals surface area contributed by atoms with Crippen LogP contribution in [0.5, 0.6) is 0 Å². The van der Waals surface area contributed by atoms with Gasteiger partial charge >= 0.3 is 0 Å². The van der Waals surface area contributed by atoms with Crippen molar-refractivity contribution in [2.45, 2.75) is 20.3 Å². The van der Waals surface area contributed by atoms with Gasteiger partial charge in [-0.3, -0.25) is 4.79 Å². The van der Waals surface area contributed by atoms with Crippen molar-refractivity contribution in [3.05, 3.63) is 12.8 Å². The molecule has 1 heterocycles. The van der Waals surface area contributed by atoms with E-state index in [1.807, 2.05) is 6.20 Å². The van der Waals surface area contributed by atoms with E-state index < -0.39 is 0 Å². The minimum Gasteiger partial charge on any atom is -0.377 e. The first-order valence-corrected chi connectivity index (χ1v) is 4.56. The molecule has 0 bridgehead atoms. The summed E-state index contributed by atoms with van der Waals surface area (Å²) in [5, 5.41) is 0. The summed E-state index contributed by atoms with van der Waals surface area (Å²) in [6.45, 7) is 9.44. The topological polar surface area (TPSA) is 20.3 Å². The lowest BCUT2D eigenvalue weighted by atomic mass is 9.91. The molecule has 1 fully saturated rings. The second kappa shape index (κ2) is 3.74. The van der Waals surface area contributed by atoms with Crippen molar-refractivity contribution in [2.75, 3.05) is 13.1 Å². The van der Waals surface area contributed by atoms with Gasteiger partial charge < -0.3 is 4.90 Å². The van der Waals surface area contributed by atoms with Crippen LogP contribution in [0.25, 0.3) is 0 Å². The van der Waals surface area contributed by atoms with Crippen LogP contribution in [0.3, 0.4) is 0 Å². The molecule has 1 aliphatic heterocycles. The fourth-order valence-electron chi connectivity index (χ4n) is 1.93. The summed E-state index contributed by atoms with van der Waals surface area (Å²) in [6.07, 6.45) is 2.93. The maximum atomic E-state index is 11.2. The van der Waals surface area contributed by atoms with E-state index >= 15 is 0 Å². The molecule has 1 unspecified atom stereocenters. The summed E-state index contributed by atoms with van der Waals surface area (Å²) in [5.41, 5.74) is 0. The lowest BCUT2D eigenvalue weighted by molar-refractivity contribution is -0.121. The van der Waals surface area contributed by atoms with Crippen LogP contribution in [-0.2, 0) is 4.79 Å². The highest BCUT2D eigenvalue weighted by molar-refractivity contribution is 5.79. The lowest BCUT2D eigenvalue weighted by Crippen LogP contribution is -2.19. The molecular weight excluding hydrogens is 150 g/mol. The van der Waals surface area contributed by atoms with E-state index in [0.717, 1.165) is 19.5 Å². The van der Waals surface area contributed by atoms with Crippen molar-refractivity contribution in [3.63, 3.8) is 0 Å². The Bertz CT molecular complexity index is 188. The molecule has 0 aliphatic carbocycles. The third-order valence-electron chi connectivity index (χ3n) is 2.77. The van der Waals surface area contributed by atoms with Gasteiger partial charge in [0.2, 0.25) is 0 Å². The zero-order valence-corrected chi connectivity index (χ0v) is 7.92. The number of likely N-dealkylation sites (tertiary alicyclic amines) is 1. The predicted molar refractivity (Wildman–Crippen MR) is 49.7 cm³/mol. The smallest absolute Gasteiger partial charge is 0.135 e. The fourth-order valence-corrected chi connectivity index (χ4v) is 1.93. The van der Waals surface area contributed by atoms with Crippen molar-refractivity contribution < 1.29 is 4.79 Å². The summed E-state index contributed by atoms with van der Waals surface area (Å²) in [7, 11) is 0. The van der Waals surface area contributed by atoms with Gasteiger partial charge in [0.05, 0.1) is 0 Å². The average molecular weight is 167 g/mol. The summed E-state index contributed by atoms with van der Waals surface area (Å²) in [6, 6.07) is 0. The molecule has 0 aromatic carbocycles. The minimum absolute atomic E-state index is 0.244. The number of hydrogen-bond acceptors (Lipinski definition) is 2. The molecule has 1 saturated heterocycles. The molecule has 0 aromatic rings. The zero-order valence-electron chi connectivity index (χ0n) is 7.92. The van der Waals surface area contributed by atoms with E-state index in [0.29, 0.717) is 11.7 Å². The van der Waals surface area contributed by atoms with Gasteiger partial charge in [0.25, 0.3) is 0 Å². The van der Waals surface area contributed by atoms with Crippen LogP contribution >= 0.6 is 0 Å². The summed E-state index contributed by atoms with van der Waals surface area (Å²) in [4.78, 5) is 13.4. The van der Waals surface area contributed by atoms with Gasteiger partial charge in [-0.2, -0.15) is 0 Å². The average Bonchev–Trinajstić information content (AvgIpc) is 2.47. The summed E-state index contributed by atoms with van der Waals surface area (Å²) in [5.74, 6) is 1.11. The van der Waals surface area contributed by atoms with Gasteiger partial charge in [-0.15, -0.1) is 0 Å². The van der Waals surface area contributed by atoms with E-state index in [1.54, 1.807) is 6.92 Å². The van der Waals surface area contributed by atoms with Gasteiger partial charge in [0.1, 0.15) is 5.78 Å². The van der Waals surface area contributed by atoms with Crippen molar-refractivity contribution in [3.8, 4) is 0 Å². The third kappa shape index (κ3) is 1.68. The molecule has 2 nitrogen and oxygen atoms in total. The molecule has 0 radical (unpaired) electrons. The summed E-state index contributed by atoms with van der Waals surface area (Å²) >= 11 is 0. The Kier molecular flexibility index (Phi) is 2.90. The predicted octanol–water partition coefficient (Wildman–Crippen LogP) is 1.68. The number of carbonyl (C=O) groups is 1. The largest absolute Gasteiger partial charge is 0.377 e. The molecule has 0 aromatic heterocycles. The van der Waals surface area contributed by atoms with E-state index in [4.69, 9.17) is 0 Å². The molecule has 12 heavy (non-hydrogen) atoms. The number of nitrogens with zero attached hydrogens (tertiary/aromatic N) is 1. The zero-order chi connectivity index (χ0) is 9.14. The maximum absolute atomic E-state index is 11.2.